The van der Waals surface area contributed by atoms with Crippen molar-refractivity contribution >= 4 is 38.9 Å². The Hall–Kier alpha value is 0.430. The molecule has 0 spiro atoms. The third kappa shape index (κ3) is 2.73. The van der Waals surface area contributed by atoms with Crippen molar-refractivity contribution in [3.63, 3.8) is 0 Å². The van der Waals surface area contributed by atoms with Gasteiger partial charge >= 0.3 is 0 Å². The molecule has 0 aliphatic heterocycles. The summed E-state index contributed by atoms with van der Waals surface area (Å²) in [5, 5.41) is 3.49. The average Bonchev–Trinajstić information content (AvgIpc) is 2.74. The van der Waals surface area contributed by atoms with Crippen molar-refractivity contribution in [2.45, 2.75) is 39.2 Å². The quantitative estimate of drug-likeness (QED) is 0.794. The minimum atomic E-state index is 0.427. The predicted octanol–water partition coefficient (Wildman–Crippen LogP) is 5.25. The van der Waals surface area contributed by atoms with Crippen molar-refractivity contribution in [1.82, 2.24) is 5.32 Å². The fourth-order valence-electron chi connectivity index (χ4n) is 3.03. The average molecular weight is 337 g/mol. The van der Waals surface area contributed by atoms with Gasteiger partial charge in [-0.05, 0) is 53.2 Å². The van der Waals surface area contributed by atoms with Gasteiger partial charge in [-0.3, -0.25) is 0 Å². The highest BCUT2D eigenvalue weighted by Crippen LogP contribution is 2.50. The Morgan fingerprint density at radius 1 is 1.59 bits per heavy atom. The largest absolute Gasteiger partial charge is 0.312 e. The molecule has 1 N–H and O–H groups in total. The minimum absolute atomic E-state index is 0.427. The van der Waals surface area contributed by atoms with Crippen molar-refractivity contribution in [2.75, 3.05) is 7.05 Å². The summed E-state index contributed by atoms with van der Waals surface area (Å²) in [5.41, 5.74) is 0.427. The minimum Gasteiger partial charge on any atom is -0.312 e. The highest BCUT2D eigenvalue weighted by atomic mass is 79.9. The summed E-state index contributed by atoms with van der Waals surface area (Å²) in [5.74, 6) is 0.703. The Morgan fingerprint density at radius 3 is 2.71 bits per heavy atom. The number of hydrogen-bond acceptors (Lipinski definition) is 2. The van der Waals surface area contributed by atoms with E-state index in [4.69, 9.17) is 11.6 Å². The van der Waals surface area contributed by atoms with Gasteiger partial charge in [0.15, 0.2) is 0 Å². The third-order valence-electron chi connectivity index (χ3n) is 4.02. The Balaban J connectivity index is 2.27. The molecule has 96 valence electrons. The van der Waals surface area contributed by atoms with E-state index in [1.54, 1.807) is 11.3 Å². The second kappa shape index (κ2) is 5.20. The normalized spacial score (nSPS) is 25.1. The molecule has 1 aliphatic rings. The lowest BCUT2D eigenvalue weighted by Crippen LogP contribution is -2.31. The van der Waals surface area contributed by atoms with E-state index < -0.39 is 0 Å². The van der Waals surface area contributed by atoms with E-state index in [2.05, 4.69) is 48.2 Å². The fraction of sp³-hybridized carbons (Fsp3) is 0.692. The maximum Gasteiger partial charge on any atom is 0.107 e. The van der Waals surface area contributed by atoms with Crippen molar-refractivity contribution in [3.8, 4) is 0 Å². The SMILES string of the molecule is CNC(c1cc(Br)c(Cl)s1)C1CCCC1(C)C. The van der Waals surface area contributed by atoms with Gasteiger partial charge in [-0.25, -0.2) is 0 Å². The fourth-order valence-corrected chi connectivity index (χ4v) is 4.94. The maximum absolute atomic E-state index is 6.15. The van der Waals surface area contributed by atoms with Crippen LogP contribution >= 0.6 is 38.9 Å². The highest BCUT2D eigenvalue weighted by Gasteiger charge is 2.40. The molecular weight excluding hydrogens is 318 g/mol. The van der Waals surface area contributed by atoms with Gasteiger partial charge in [-0.1, -0.05) is 31.9 Å². The van der Waals surface area contributed by atoms with Crippen LogP contribution in [0.3, 0.4) is 0 Å². The monoisotopic (exact) mass is 335 g/mol. The van der Waals surface area contributed by atoms with Crippen LogP contribution in [-0.4, -0.2) is 7.05 Å². The summed E-state index contributed by atoms with van der Waals surface area (Å²) < 4.78 is 1.88. The van der Waals surface area contributed by atoms with E-state index in [1.165, 1.54) is 24.1 Å². The van der Waals surface area contributed by atoms with Crippen molar-refractivity contribution in [1.29, 1.82) is 0 Å². The van der Waals surface area contributed by atoms with Gasteiger partial charge < -0.3 is 5.32 Å². The summed E-state index contributed by atoms with van der Waals surface area (Å²) in [7, 11) is 2.06. The van der Waals surface area contributed by atoms with Gasteiger partial charge in [-0.2, -0.15) is 0 Å². The smallest absolute Gasteiger partial charge is 0.107 e. The van der Waals surface area contributed by atoms with Gasteiger partial charge in [0, 0.05) is 15.4 Å². The number of halogens is 2. The van der Waals surface area contributed by atoms with E-state index in [1.807, 2.05) is 0 Å². The zero-order valence-corrected chi connectivity index (χ0v) is 13.7. The second-order valence-electron chi connectivity index (χ2n) is 5.52. The van der Waals surface area contributed by atoms with Gasteiger partial charge in [-0.15, -0.1) is 11.3 Å². The van der Waals surface area contributed by atoms with E-state index in [9.17, 15) is 0 Å². The summed E-state index contributed by atoms with van der Waals surface area (Å²) in [4.78, 5) is 1.35. The van der Waals surface area contributed by atoms with Crippen LogP contribution in [0.1, 0.15) is 44.0 Å². The Labute approximate surface area is 121 Å². The lowest BCUT2D eigenvalue weighted by atomic mass is 9.77. The number of hydrogen-bond donors (Lipinski definition) is 1. The molecule has 1 aliphatic carbocycles. The number of rotatable bonds is 3. The second-order valence-corrected chi connectivity index (χ2v) is 8.06. The third-order valence-corrected chi connectivity index (χ3v) is 6.58. The molecule has 0 radical (unpaired) electrons. The van der Waals surface area contributed by atoms with Crippen LogP contribution in [0.4, 0.5) is 0 Å². The molecule has 0 amide bonds. The number of thiophene rings is 1. The molecule has 0 saturated heterocycles. The first kappa shape index (κ1) is 13.9. The molecule has 2 atom stereocenters. The Bertz CT molecular complexity index is 383. The first-order valence-corrected chi connectivity index (χ1v) is 8.06. The Kier molecular flexibility index (Phi) is 4.24. The van der Waals surface area contributed by atoms with Crippen LogP contribution < -0.4 is 5.32 Å². The molecule has 1 aromatic heterocycles. The first-order chi connectivity index (χ1) is 7.95. The molecule has 1 nitrogen and oxygen atoms in total. The summed E-state index contributed by atoms with van der Waals surface area (Å²) in [6, 6.07) is 2.60. The molecule has 4 heteroatoms. The molecule has 2 unspecified atom stereocenters. The van der Waals surface area contributed by atoms with E-state index in [0.717, 1.165) is 8.81 Å². The van der Waals surface area contributed by atoms with Crippen molar-refractivity contribution in [3.05, 3.63) is 19.8 Å². The first-order valence-electron chi connectivity index (χ1n) is 6.07. The zero-order chi connectivity index (χ0) is 12.6. The summed E-state index contributed by atoms with van der Waals surface area (Å²) in [6.07, 6.45) is 3.98. The molecule has 0 aromatic carbocycles. The van der Waals surface area contributed by atoms with Gasteiger partial charge in [0.05, 0.1) is 0 Å². The van der Waals surface area contributed by atoms with Gasteiger partial charge in [0.25, 0.3) is 0 Å². The predicted molar refractivity (Wildman–Crippen MR) is 80.0 cm³/mol. The van der Waals surface area contributed by atoms with Gasteiger partial charge in [0.2, 0.25) is 0 Å². The molecule has 1 saturated carbocycles. The lowest BCUT2D eigenvalue weighted by Gasteiger charge is -2.33. The maximum atomic E-state index is 6.15. The van der Waals surface area contributed by atoms with Crippen LogP contribution in [0.25, 0.3) is 0 Å². The van der Waals surface area contributed by atoms with Crippen LogP contribution in [0, 0.1) is 11.3 Å². The molecule has 1 fully saturated rings. The molecular formula is C13H19BrClNS. The van der Waals surface area contributed by atoms with E-state index >= 15 is 0 Å². The van der Waals surface area contributed by atoms with Crippen LogP contribution in [0.2, 0.25) is 4.34 Å². The zero-order valence-electron chi connectivity index (χ0n) is 10.5. The lowest BCUT2D eigenvalue weighted by molar-refractivity contribution is 0.205. The van der Waals surface area contributed by atoms with E-state index in [0.29, 0.717) is 17.4 Å². The topological polar surface area (TPSA) is 12.0 Å². The van der Waals surface area contributed by atoms with Crippen molar-refractivity contribution in [2.24, 2.45) is 11.3 Å². The highest BCUT2D eigenvalue weighted by molar-refractivity contribution is 9.10. The molecule has 2 rings (SSSR count). The molecule has 0 bridgehead atoms. The molecule has 17 heavy (non-hydrogen) atoms. The van der Waals surface area contributed by atoms with Crippen LogP contribution in [0.5, 0.6) is 0 Å². The van der Waals surface area contributed by atoms with Gasteiger partial charge in [0.1, 0.15) is 4.34 Å². The summed E-state index contributed by atoms with van der Waals surface area (Å²) in [6.45, 7) is 4.78. The Morgan fingerprint density at radius 2 is 2.29 bits per heavy atom. The van der Waals surface area contributed by atoms with Crippen LogP contribution in [0.15, 0.2) is 10.5 Å². The number of nitrogens with one attached hydrogen (secondary N) is 1. The van der Waals surface area contributed by atoms with Crippen LogP contribution in [-0.2, 0) is 0 Å². The van der Waals surface area contributed by atoms with Crippen molar-refractivity contribution < 1.29 is 0 Å². The van der Waals surface area contributed by atoms with E-state index in [-0.39, 0.29) is 0 Å². The molecule has 1 heterocycles. The summed E-state index contributed by atoms with van der Waals surface area (Å²) >= 11 is 11.3. The molecule has 1 aromatic rings. The standard InChI is InChI=1S/C13H19BrClNS/c1-13(2)6-4-5-8(13)11(16-3)10-7-9(14)12(15)17-10/h7-8,11,16H,4-6H2,1-3H3.